The van der Waals surface area contributed by atoms with Crippen LogP contribution < -0.4 is 4.72 Å². The summed E-state index contributed by atoms with van der Waals surface area (Å²) in [5.74, 6) is -0.562. The van der Waals surface area contributed by atoms with E-state index in [0.717, 1.165) is 30.8 Å². The van der Waals surface area contributed by atoms with Crippen molar-refractivity contribution in [1.82, 2.24) is 14.7 Å². The van der Waals surface area contributed by atoms with Gasteiger partial charge in [0.1, 0.15) is 0 Å². The first-order chi connectivity index (χ1) is 13.0. The number of carbonyl (C=O) groups is 1. The average Bonchev–Trinajstić information content (AvgIpc) is 2.69. The van der Waals surface area contributed by atoms with E-state index in [2.05, 4.69) is 19.4 Å². The van der Waals surface area contributed by atoms with Gasteiger partial charge in [-0.2, -0.15) is 0 Å². The number of thioether (sulfide) groups is 1. The van der Waals surface area contributed by atoms with E-state index < -0.39 is 16.0 Å². The maximum absolute atomic E-state index is 12.6. The van der Waals surface area contributed by atoms with E-state index in [4.69, 9.17) is 0 Å². The van der Waals surface area contributed by atoms with Crippen LogP contribution in [0, 0.1) is 0 Å². The number of nitrogens with zero attached hydrogens (tertiary/aromatic N) is 2. The van der Waals surface area contributed by atoms with Gasteiger partial charge in [-0.3, -0.25) is 0 Å². The van der Waals surface area contributed by atoms with Crippen LogP contribution in [-0.4, -0.2) is 42.8 Å². The number of ether oxygens (including phenoxy) is 1. The lowest BCUT2D eigenvalue weighted by atomic mass is 9.96. The molecule has 0 amide bonds. The summed E-state index contributed by atoms with van der Waals surface area (Å²) in [4.78, 5) is 20.1. The topological polar surface area (TPSA) is 98.2 Å². The number of nitrogens with one attached hydrogen (secondary N) is 1. The highest BCUT2D eigenvalue weighted by Gasteiger charge is 2.27. The lowest BCUT2D eigenvalue weighted by molar-refractivity contribution is 0.0600. The van der Waals surface area contributed by atoms with Crippen LogP contribution in [0.2, 0.25) is 0 Å². The lowest BCUT2D eigenvalue weighted by Gasteiger charge is -2.28. The summed E-state index contributed by atoms with van der Waals surface area (Å²) < 4.78 is 32.7. The second-order valence-electron chi connectivity index (χ2n) is 6.26. The van der Waals surface area contributed by atoms with Crippen LogP contribution in [0.5, 0.6) is 0 Å². The van der Waals surface area contributed by atoms with Gasteiger partial charge in [0.15, 0.2) is 5.16 Å². The van der Waals surface area contributed by atoms with E-state index in [1.165, 1.54) is 31.4 Å². The van der Waals surface area contributed by atoms with Crippen molar-refractivity contribution in [2.45, 2.75) is 47.0 Å². The molecule has 9 heteroatoms. The van der Waals surface area contributed by atoms with Crippen LogP contribution >= 0.6 is 11.8 Å². The van der Waals surface area contributed by atoms with Crippen LogP contribution in [0.4, 0.5) is 0 Å². The summed E-state index contributed by atoms with van der Waals surface area (Å²) in [6, 6.07) is 7.54. The average molecular weight is 408 g/mol. The first-order valence-electron chi connectivity index (χ1n) is 8.62. The Labute approximate surface area is 163 Å². The molecular formula is C18H21N3O4S2. The smallest absolute Gasteiger partial charge is 0.337 e. The minimum atomic E-state index is -3.69. The maximum Gasteiger partial charge on any atom is 0.337 e. The fourth-order valence-electron chi connectivity index (χ4n) is 2.99. The number of rotatable bonds is 6. The molecule has 27 heavy (non-hydrogen) atoms. The molecule has 1 aliphatic rings. The SMILES string of the molecule is COC(=O)c1cccc(S(=O)(=O)NC2CCC(Sc3ncccn3)CC2)c1. The predicted octanol–water partition coefficient (Wildman–Crippen LogP) is 2.65. The Morgan fingerprint density at radius 3 is 2.52 bits per heavy atom. The molecule has 3 rings (SSSR count). The van der Waals surface area contributed by atoms with Crippen molar-refractivity contribution in [3.63, 3.8) is 0 Å². The van der Waals surface area contributed by atoms with Gasteiger partial charge < -0.3 is 4.74 Å². The second kappa shape index (κ2) is 8.81. The number of benzene rings is 1. The van der Waals surface area contributed by atoms with Gasteiger partial charge >= 0.3 is 5.97 Å². The summed E-state index contributed by atoms with van der Waals surface area (Å²) in [5.41, 5.74) is 0.211. The lowest BCUT2D eigenvalue weighted by Crippen LogP contribution is -2.38. The third-order valence-electron chi connectivity index (χ3n) is 4.38. The van der Waals surface area contributed by atoms with E-state index in [9.17, 15) is 13.2 Å². The molecule has 0 radical (unpaired) electrons. The molecule has 144 valence electrons. The molecule has 1 fully saturated rings. The van der Waals surface area contributed by atoms with Crippen molar-refractivity contribution in [1.29, 1.82) is 0 Å². The molecule has 7 nitrogen and oxygen atoms in total. The van der Waals surface area contributed by atoms with Gasteiger partial charge in [0, 0.05) is 23.7 Å². The minimum Gasteiger partial charge on any atom is -0.465 e. The van der Waals surface area contributed by atoms with E-state index >= 15 is 0 Å². The predicted molar refractivity (Wildman–Crippen MR) is 102 cm³/mol. The summed E-state index contributed by atoms with van der Waals surface area (Å²) in [6.07, 6.45) is 6.71. The molecule has 1 aromatic heterocycles. The van der Waals surface area contributed by atoms with Crippen LogP contribution in [-0.2, 0) is 14.8 Å². The molecule has 0 spiro atoms. The second-order valence-corrected chi connectivity index (χ2v) is 9.25. The van der Waals surface area contributed by atoms with Crippen molar-refractivity contribution in [2.75, 3.05) is 7.11 Å². The Morgan fingerprint density at radius 2 is 1.85 bits per heavy atom. The Hall–Kier alpha value is -1.97. The highest BCUT2D eigenvalue weighted by atomic mass is 32.2. The van der Waals surface area contributed by atoms with E-state index in [0.29, 0.717) is 5.25 Å². The van der Waals surface area contributed by atoms with Crippen LogP contribution in [0.15, 0.2) is 52.8 Å². The highest BCUT2D eigenvalue weighted by molar-refractivity contribution is 7.99. The van der Waals surface area contributed by atoms with Crippen LogP contribution in [0.25, 0.3) is 0 Å². The number of aromatic nitrogens is 2. The molecule has 1 aliphatic carbocycles. The van der Waals surface area contributed by atoms with Gasteiger partial charge in [-0.1, -0.05) is 17.8 Å². The Kier molecular flexibility index (Phi) is 6.46. The number of carbonyl (C=O) groups excluding carboxylic acids is 1. The first kappa shape index (κ1) is 19.8. The van der Waals surface area contributed by atoms with E-state index in [1.54, 1.807) is 30.2 Å². The zero-order valence-electron chi connectivity index (χ0n) is 14.9. The Balaban J connectivity index is 1.58. The van der Waals surface area contributed by atoms with Crippen molar-refractivity contribution in [3.05, 3.63) is 48.3 Å². The molecule has 2 aromatic rings. The number of hydrogen-bond acceptors (Lipinski definition) is 7. The Morgan fingerprint density at radius 1 is 1.15 bits per heavy atom. The standard InChI is InChI=1S/C18H21N3O4S2/c1-25-17(22)13-4-2-5-16(12-13)27(23,24)21-14-6-8-15(9-7-14)26-18-19-10-3-11-20-18/h2-5,10-12,14-15,21H,6-9H2,1H3. The minimum absolute atomic E-state index is 0.0691. The normalized spacial score (nSPS) is 20.2. The third-order valence-corrected chi connectivity index (χ3v) is 7.12. The molecule has 0 bridgehead atoms. The molecule has 0 aliphatic heterocycles. The molecule has 0 atom stereocenters. The summed E-state index contributed by atoms with van der Waals surface area (Å²) in [6.45, 7) is 0. The fourth-order valence-corrected chi connectivity index (χ4v) is 5.39. The molecule has 1 heterocycles. The maximum atomic E-state index is 12.6. The van der Waals surface area contributed by atoms with E-state index in [-0.39, 0.29) is 16.5 Å². The van der Waals surface area contributed by atoms with Crippen LogP contribution in [0.1, 0.15) is 36.0 Å². The quantitative estimate of drug-likeness (QED) is 0.580. The van der Waals surface area contributed by atoms with Crippen molar-refractivity contribution >= 4 is 27.8 Å². The van der Waals surface area contributed by atoms with Crippen molar-refractivity contribution in [2.24, 2.45) is 0 Å². The molecular weight excluding hydrogens is 386 g/mol. The van der Waals surface area contributed by atoms with E-state index in [1.807, 2.05) is 0 Å². The summed E-state index contributed by atoms with van der Waals surface area (Å²) in [5, 5.41) is 1.14. The number of hydrogen-bond donors (Lipinski definition) is 1. The molecule has 0 saturated heterocycles. The van der Waals surface area contributed by atoms with Gasteiger partial charge in [0.2, 0.25) is 10.0 Å². The zero-order chi connectivity index (χ0) is 19.3. The summed E-state index contributed by atoms with van der Waals surface area (Å²) >= 11 is 1.64. The monoisotopic (exact) mass is 407 g/mol. The van der Waals surface area contributed by atoms with Gasteiger partial charge in [-0.25, -0.2) is 27.9 Å². The fraction of sp³-hybridized carbons (Fsp3) is 0.389. The molecule has 1 N–H and O–H groups in total. The molecule has 1 aromatic carbocycles. The molecule has 1 saturated carbocycles. The number of methoxy groups -OCH3 is 1. The van der Waals surface area contributed by atoms with Crippen molar-refractivity contribution in [3.8, 4) is 0 Å². The third kappa shape index (κ3) is 5.27. The number of esters is 1. The van der Waals surface area contributed by atoms with Gasteiger partial charge in [-0.05, 0) is 49.9 Å². The highest BCUT2D eigenvalue weighted by Crippen LogP contribution is 2.32. The molecule has 0 unspecified atom stereocenters. The van der Waals surface area contributed by atoms with Crippen molar-refractivity contribution < 1.29 is 17.9 Å². The van der Waals surface area contributed by atoms with Gasteiger partial charge in [0.25, 0.3) is 0 Å². The van der Waals surface area contributed by atoms with Gasteiger partial charge in [0.05, 0.1) is 17.6 Å². The van der Waals surface area contributed by atoms with Gasteiger partial charge in [-0.15, -0.1) is 0 Å². The first-order valence-corrected chi connectivity index (χ1v) is 11.0. The zero-order valence-corrected chi connectivity index (χ0v) is 16.5. The largest absolute Gasteiger partial charge is 0.465 e. The number of sulfonamides is 1. The Bertz CT molecular complexity index is 882. The van der Waals surface area contributed by atoms with Crippen LogP contribution in [0.3, 0.4) is 0 Å². The summed E-state index contributed by atoms with van der Waals surface area (Å²) in [7, 11) is -2.43.